The average molecular weight is 400 g/mol. The minimum absolute atomic E-state index is 0.0837. The summed E-state index contributed by atoms with van der Waals surface area (Å²) in [5, 5.41) is 5.11. The SMILES string of the molecule is CC[C@H](C)Oc1ccc(/C=N\NC(=O)c2ccc(Cl)cc2Cl)cc1Cl. The molecule has 0 aromatic heterocycles. The van der Waals surface area contributed by atoms with Crippen molar-refractivity contribution in [2.24, 2.45) is 5.10 Å². The zero-order valence-corrected chi connectivity index (χ0v) is 16.0. The number of hydrazone groups is 1. The Morgan fingerprint density at radius 2 is 1.96 bits per heavy atom. The number of nitrogens with one attached hydrogen (secondary N) is 1. The van der Waals surface area contributed by atoms with Gasteiger partial charge in [0, 0.05) is 5.02 Å². The Balaban J connectivity index is 2.02. The molecule has 0 fully saturated rings. The van der Waals surface area contributed by atoms with Gasteiger partial charge in [0.25, 0.3) is 5.91 Å². The third kappa shape index (κ3) is 5.63. The molecule has 2 rings (SSSR count). The Morgan fingerprint density at radius 1 is 1.20 bits per heavy atom. The van der Waals surface area contributed by atoms with Crippen molar-refractivity contribution in [1.82, 2.24) is 5.43 Å². The number of hydrogen-bond acceptors (Lipinski definition) is 3. The number of amides is 1. The summed E-state index contributed by atoms with van der Waals surface area (Å²) in [6.45, 7) is 4.01. The summed E-state index contributed by atoms with van der Waals surface area (Å²) in [6, 6.07) is 9.90. The van der Waals surface area contributed by atoms with Crippen LogP contribution < -0.4 is 10.2 Å². The molecule has 1 amide bonds. The number of rotatable bonds is 6. The van der Waals surface area contributed by atoms with Gasteiger partial charge in [-0.15, -0.1) is 0 Å². The lowest BCUT2D eigenvalue weighted by Crippen LogP contribution is -2.18. The van der Waals surface area contributed by atoms with Crippen molar-refractivity contribution >= 4 is 46.9 Å². The van der Waals surface area contributed by atoms with E-state index in [1.807, 2.05) is 13.8 Å². The molecule has 0 saturated carbocycles. The van der Waals surface area contributed by atoms with Gasteiger partial charge >= 0.3 is 0 Å². The molecule has 0 spiro atoms. The van der Waals surface area contributed by atoms with Crippen LogP contribution in [0.3, 0.4) is 0 Å². The maximum Gasteiger partial charge on any atom is 0.272 e. The molecule has 132 valence electrons. The highest BCUT2D eigenvalue weighted by Gasteiger charge is 2.10. The fraction of sp³-hybridized carbons (Fsp3) is 0.222. The van der Waals surface area contributed by atoms with Gasteiger partial charge in [0.15, 0.2) is 0 Å². The zero-order chi connectivity index (χ0) is 18.4. The highest BCUT2D eigenvalue weighted by atomic mass is 35.5. The quantitative estimate of drug-likeness (QED) is 0.508. The Bertz CT molecular complexity index is 794. The van der Waals surface area contributed by atoms with Crippen LogP contribution in [0.4, 0.5) is 0 Å². The van der Waals surface area contributed by atoms with Crippen molar-refractivity contribution in [3.8, 4) is 5.75 Å². The van der Waals surface area contributed by atoms with Crippen LogP contribution in [0.2, 0.25) is 15.1 Å². The summed E-state index contributed by atoms with van der Waals surface area (Å²) in [5.74, 6) is 0.186. The summed E-state index contributed by atoms with van der Waals surface area (Å²) in [6.07, 6.45) is 2.46. The Kier molecular flexibility index (Phi) is 7.12. The number of carbonyl (C=O) groups excluding carboxylic acids is 1. The first-order valence-electron chi connectivity index (χ1n) is 7.65. The molecule has 0 radical (unpaired) electrons. The van der Waals surface area contributed by atoms with Crippen LogP contribution in [0.1, 0.15) is 36.2 Å². The minimum atomic E-state index is -0.430. The van der Waals surface area contributed by atoms with Crippen LogP contribution in [-0.2, 0) is 0 Å². The van der Waals surface area contributed by atoms with Gasteiger partial charge in [-0.2, -0.15) is 5.10 Å². The molecule has 2 aromatic rings. The van der Waals surface area contributed by atoms with E-state index in [0.717, 1.165) is 12.0 Å². The fourth-order valence-corrected chi connectivity index (χ4v) is 2.62. The highest BCUT2D eigenvalue weighted by molar-refractivity contribution is 6.36. The molecule has 0 aliphatic carbocycles. The normalized spacial score (nSPS) is 12.2. The van der Waals surface area contributed by atoms with Crippen LogP contribution in [0.5, 0.6) is 5.75 Å². The molecular weight excluding hydrogens is 383 g/mol. The first kappa shape index (κ1) is 19.6. The minimum Gasteiger partial charge on any atom is -0.489 e. The molecule has 1 atom stereocenters. The third-order valence-electron chi connectivity index (χ3n) is 3.41. The average Bonchev–Trinajstić information content (AvgIpc) is 2.57. The van der Waals surface area contributed by atoms with Gasteiger partial charge in [0.1, 0.15) is 5.75 Å². The summed E-state index contributed by atoms with van der Waals surface area (Å²) in [7, 11) is 0. The molecule has 7 heteroatoms. The molecular formula is C18H17Cl3N2O2. The number of halogens is 3. The largest absolute Gasteiger partial charge is 0.489 e. The lowest BCUT2D eigenvalue weighted by atomic mass is 10.2. The first-order chi connectivity index (χ1) is 11.9. The Hall–Kier alpha value is -1.75. The van der Waals surface area contributed by atoms with Crippen LogP contribution in [0, 0.1) is 0 Å². The molecule has 0 bridgehead atoms. The molecule has 4 nitrogen and oxygen atoms in total. The Morgan fingerprint density at radius 3 is 2.60 bits per heavy atom. The van der Waals surface area contributed by atoms with Crippen molar-refractivity contribution < 1.29 is 9.53 Å². The van der Waals surface area contributed by atoms with Gasteiger partial charge in [0.05, 0.1) is 27.9 Å². The van der Waals surface area contributed by atoms with Crippen molar-refractivity contribution in [3.63, 3.8) is 0 Å². The molecule has 25 heavy (non-hydrogen) atoms. The topological polar surface area (TPSA) is 50.7 Å². The van der Waals surface area contributed by atoms with Crippen LogP contribution in [-0.4, -0.2) is 18.2 Å². The van der Waals surface area contributed by atoms with E-state index in [-0.39, 0.29) is 11.1 Å². The summed E-state index contributed by atoms with van der Waals surface area (Å²) in [5.41, 5.74) is 3.43. The number of carbonyl (C=O) groups is 1. The predicted molar refractivity (Wildman–Crippen MR) is 103 cm³/mol. The highest BCUT2D eigenvalue weighted by Crippen LogP contribution is 2.26. The van der Waals surface area contributed by atoms with Gasteiger partial charge in [-0.05, 0) is 55.3 Å². The predicted octanol–water partition coefficient (Wildman–Crippen LogP) is 5.59. The lowest BCUT2D eigenvalue weighted by Gasteiger charge is -2.13. The van der Waals surface area contributed by atoms with Gasteiger partial charge in [-0.3, -0.25) is 4.79 Å². The van der Waals surface area contributed by atoms with E-state index in [9.17, 15) is 4.79 Å². The molecule has 2 aromatic carbocycles. The second-order valence-electron chi connectivity index (χ2n) is 5.35. The van der Waals surface area contributed by atoms with Crippen molar-refractivity contribution in [3.05, 3.63) is 62.6 Å². The lowest BCUT2D eigenvalue weighted by molar-refractivity contribution is 0.0955. The second kappa shape index (κ2) is 9.09. The van der Waals surface area contributed by atoms with E-state index in [1.54, 1.807) is 24.3 Å². The fourth-order valence-electron chi connectivity index (χ4n) is 1.89. The van der Waals surface area contributed by atoms with Gasteiger partial charge in [0.2, 0.25) is 0 Å². The summed E-state index contributed by atoms with van der Waals surface area (Å²) < 4.78 is 5.70. The van der Waals surface area contributed by atoms with Crippen LogP contribution in [0.25, 0.3) is 0 Å². The van der Waals surface area contributed by atoms with Gasteiger partial charge < -0.3 is 4.74 Å². The van der Waals surface area contributed by atoms with E-state index in [1.165, 1.54) is 18.3 Å². The van der Waals surface area contributed by atoms with Gasteiger partial charge in [-0.25, -0.2) is 5.43 Å². The second-order valence-corrected chi connectivity index (χ2v) is 6.60. The third-order valence-corrected chi connectivity index (χ3v) is 4.26. The number of hydrogen-bond donors (Lipinski definition) is 1. The van der Waals surface area contributed by atoms with Crippen molar-refractivity contribution in [2.45, 2.75) is 26.4 Å². The molecule has 0 saturated heterocycles. The molecule has 0 heterocycles. The number of nitrogens with zero attached hydrogens (tertiary/aromatic N) is 1. The summed E-state index contributed by atoms with van der Waals surface area (Å²) in [4.78, 5) is 12.0. The molecule has 0 unspecified atom stereocenters. The number of ether oxygens (including phenoxy) is 1. The zero-order valence-electron chi connectivity index (χ0n) is 13.7. The summed E-state index contributed by atoms with van der Waals surface area (Å²) >= 11 is 18.0. The molecule has 0 aliphatic heterocycles. The first-order valence-corrected chi connectivity index (χ1v) is 8.78. The smallest absolute Gasteiger partial charge is 0.272 e. The van der Waals surface area contributed by atoms with E-state index in [0.29, 0.717) is 21.4 Å². The standard InChI is InChI=1S/C18H17Cl3N2O2/c1-3-11(2)25-17-7-4-12(8-16(17)21)10-22-23-18(24)14-6-5-13(19)9-15(14)20/h4-11H,3H2,1-2H3,(H,23,24)/b22-10-/t11-/m0/s1. The van der Waals surface area contributed by atoms with E-state index < -0.39 is 5.91 Å². The molecule has 0 aliphatic rings. The van der Waals surface area contributed by atoms with Crippen molar-refractivity contribution in [2.75, 3.05) is 0 Å². The van der Waals surface area contributed by atoms with Crippen LogP contribution >= 0.6 is 34.8 Å². The molecule has 1 N–H and O–H groups in total. The van der Waals surface area contributed by atoms with Crippen LogP contribution in [0.15, 0.2) is 41.5 Å². The van der Waals surface area contributed by atoms with E-state index >= 15 is 0 Å². The van der Waals surface area contributed by atoms with Gasteiger partial charge in [-0.1, -0.05) is 41.7 Å². The monoisotopic (exact) mass is 398 g/mol. The number of benzene rings is 2. The van der Waals surface area contributed by atoms with Crippen molar-refractivity contribution in [1.29, 1.82) is 0 Å². The maximum absolute atomic E-state index is 12.0. The Labute approximate surface area is 161 Å². The van der Waals surface area contributed by atoms with E-state index in [2.05, 4.69) is 10.5 Å². The van der Waals surface area contributed by atoms with E-state index in [4.69, 9.17) is 39.5 Å². The maximum atomic E-state index is 12.0.